The molecule has 0 radical (unpaired) electrons. The van der Waals surface area contributed by atoms with Crippen molar-refractivity contribution in [3.63, 3.8) is 0 Å². The number of rotatable bonds is 4. The van der Waals surface area contributed by atoms with Crippen LogP contribution in [0.2, 0.25) is 0 Å². The first kappa shape index (κ1) is 18.1. The van der Waals surface area contributed by atoms with Crippen LogP contribution in [-0.4, -0.2) is 20.7 Å². The van der Waals surface area contributed by atoms with Crippen LogP contribution in [0.15, 0.2) is 85.1 Å². The first-order valence-electron chi connectivity index (χ1n) is 9.86. The summed E-state index contributed by atoms with van der Waals surface area (Å²) in [4.78, 5) is 17.4. The number of hydrogen-bond donors (Lipinski definition) is 1. The Kier molecular flexibility index (Phi) is 4.48. The van der Waals surface area contributed by atoms with Crippen LogP contribution < -0.4 is 5.32 Å². The summed E-state index contributed by atoms with van der Waals surface area (Å²) in [6, 6.07) is 25.7. The van der Waals surface area contributed by atoms with Gasteiger partial charge in [0.15, 0.2) is 5.82 Å². The molecule has 1 N–H and O–H groups in total. The number of aromatic nitrogens is 3. The number of fused-ring (bicyclic) bond motifs is 3. The van der Waals surface area contributed by atoms with Crippen LogP contribution in [0.3, 0.4) is 0 Å². The maximum atomic E-state index is 12.7. The van der Waals surface area contributed by atoms with E-state index >= 15 is 0 Å². The van der Waals surface area contributed by atoms with Crippen molar-refractivity contribution in [2.75, 3.05) is 5.32 Å². The topological polar surface area (TPSA) is 59.8 Å². The Bertz CT molecular complexity index is 1370. The number of anilines is 1. The lowest BCUT2D eigenvalue weighted by Crippen LogP contribution is -2.15. The van der Waals surface area contributed by atoms with Crippen molar-refractivity contribution < 1.29 is 4.79 Å². The fraction of sp³-hybridized carbons (Fsp3) is 0.0800. The molecule has 5 nitrogen and oxygen atoms in total. The highest BCUT2D eigenvalue weighted by Crippen LogP contribution is 2.29. The van der Waals surface area contributed by atoms with Crippen molar-refractivity contribution in [3.05, 3.63) is 96.2 Å². The van der Waals surface area contributed by atoms with E-state index in [1.54, 1.807) is 0 Å². The molecule has 5 heteroatoms. The zero-order valence-electron chi connectivity index (χ0n) is 16.5. The van der Waals surface area contributed by atoms with Crippen molar-refractivity contribution >= 4 is 33.5 Å². The van der Waals surface area contributed by atoms with Crippen molar-refractivity contribution in [1.29, 1.82) is 0 Å². The predicted molar refractivity (Wildman–Crippen MR) is 120 cm³/mol. The normalized spacial score (nSPS) is 11.1. The van der Waals surface area contributed by atoms with E-state index in [4.69, 9.17) is 10.1 Å². The molecule has 2 aromatic heterocycles. The van der Waals surface area contributed by atoms with Crippen LogP contribution in [-0.2, 0) is 11.2 Å². The Balaban J connectivity index is 1.60. The highest BCUT2D eigenvalue weighted by atomic mass is 16.1. The lowest BCUT2D eigenvalue weighted by molar-refractivity contribution is -0.115. The standard InChI is InChI=1S/C25H20N4O/c1-17-8-7-11-19(14-17)29-16-21-20-12-5-6-13-22(20)26-25(24(21)28-29)27-23(30)15-18-9-3-2-4-10-18/h2-14,16H,15H2,1H3,(H,26,27,30). The van der Waals surface area contributed by atoms with Gasteiger partial charge in [0.25, 0.3) is 0 Å². The third-order valence-electron chi connectivity index (χ3n) is 5.10. The number of pyridine rings is 1. The first-order chi connectivity index (χ1) is 14.7. The minimum absolute atomic E-state index is 0.115. The summed E-state index contributed by atoms with van der Waals surface area (Å²) in [5, 5.41) is 9.71. The summed E-state index contributed by atoms with van der Waals surface area (Å²) in [5.41, 5.74) is 4.58. The number of aryl methyl sites for hydroxylation is 1. The minimum atomic E-state index is -0.115. The first-order valence-corrected chi connectivity index (χ1v) is 9.86. The molecule has 0 spiro atoms. The Morgan fingerprint density at radius 2 is 1.73 bits per heavy atom. The zero-order valence-corrected chi connectivity index (χ0v) is 16.5. The molecule has 0 aliphatic heterocycles. The molecule has 5 aromatic rings. The van der Waals surface area contributed by atoms with E-state index < -0.39 is 0 Å². The summed E-state index contributed by atoms with van der Waals surface area (Å²) >= 11 is 0. The Labute approximate surface area is 174 Å². The zero-order chi connectivity index (χ0) is 20.5. The van der Waals surface area contributed by atoms with Gasteiger partial charge in [0.05, 0.1) is 17.6 Å². The lowest BCUT2D eigenvalue weighted by atomic mass is 10.1. The quantitative estimate of drug-likeness (QED) is 0.465. The molecule has 3 aromatic carbocycles. The molecule has 0 bridgehead atoms. The van der Waals surface area contributed by atoms with E-state index in [9.17, 15) is 4.79 Å². The largest absolute Gasteiger partial charge is 0.309 e. The predicted octanol–water partition coefficient (Wildman–Crippen LogP) is 5.06. The van der Waals surface area contributed by atoms with Crippen LogP contribution in [0.25, 0.3) is 27.5 Å². The van der Waals surface area contributed by atoms with Gasteiger partial charge in [-0.2, -0.15) is 5.10 Å². The molecule has 0 atom stereocenters. The van der Waals surface area contributed by atoms with E-state index in [-0.39, 0.29) is 12.3 Å². The third kappa shape index (κ3) is 3.42. The summed E-state index contributed by atoms with van der Waals surface area (Å²) in [7, 11) is 0. The van der Waals surface area contributed by atoms with Crippen LogP contribution in [0.5, 0.6) is 0 Å². The molecule has 0 fully saturated rings. The average Bonchev–Trinajstić information content (AvgIpc) is 3.21. The van der Waals surface area contributed by atoms with Gasteiger partial charge in [0.1, 0.15) is 5.52 Å². The van der Waals surface area contributed by atoms with Crippen molar-refractivity contribution in [2.45, 2.75) is 13.3 Å². The van der Waals surface area contributed by atoms with Gasteiger partial charge in [-0.3, -0.25) is 4.79 Å². The van der Waals surface area contributed by atoms with Crippen molar-refractivity contribution in [2.24, 2.45) is 0 Å². The molecule has 0 aliphatic carbocycles. The molecule has 146 valence electrons. The van der Waals surface area contributed by atoms with E-state index in [2.05, 4.69) is 24.4 Å². The fourth-order valence-electron chi connectivity index (χ4n) is 3.67. The minimum Gasteiger partial charge on any atom is -0.309 e. The molecule has 0 saturated heterocycles. The lowest BCUT2D eigenvalue weighted by Gasteiger charge is -2.07. The highest BCUT2D eigenvalue weighted by molar-refractivity contribution is 6.10. The number of nitrogens with zero attached hydrogens (tertiary/aromatic N) is 3. The number of para-hydroxylation sites is 1. The Morgan fingerprint density at radius 1 is 0.933 bits per heavy atom. The number of amides is 1. The van der Waals surface area contributed by atoms with Gasteiger partial charge in [-0.05, 0) is 36.2 Å². The second kappa shape index (κ2) is 7.44. The molecule has 0 aliphatic rings. The van der Waals surface area contributed by atoms with E-state index in [0.29, 0.717) is 11.3 Å². The second-order valence-corrected chi connectivity index (χ2v) is 7.36. The SMILES string of the molecule is Cc1cccc(-n2cc3c(n2)c(NC(=O)Cc2ccccc2)nc2ccccc23)c1. The number of hydrogen-bond acceptors (Lipinski definition) is 3. The molecular formula is C25H20N4O. The fourth-order valence-corrected chi connectivity index (χ4v) is 3.67. The molecule has 5 rings (SSSR count). The van der Waals surface area contributed by atoms with Gasteiger partial charge in [0, 0.05) is 17.0 Å². The summed E-state index contributed by atoms with van der Waals surface area (Å²) in [5.74, 6) is 0.367. The van der Waals surface area contributed by atoms with Gasteiger partial charge in [-0.25, -0.2) is 9.67 Å². The third-order valence-corrected chi connectivity index (χ3v) is 5.10. The number of nitrogens with one attached hydrogen (secondary N) is 1. The van der Waals surface area contributed by atoms with Crippen LogP contribution in [0, 0.1) is 6.92 Å². The van der Waals surface area contributed by atoms with Gasteiger partial charge >= 0.3 is 0 Å². The van der Waals surface area contributed by atoms with Gasteiger partial charge in [0.2, 0.25) is 5.91 Å². The number of carbonyl (C=O) groups is 1. The molecular weight excluding hydrogens is 372 g/mol. The average molecular weight is 392 g/mol. The molecule has 30 heavy (non-hydrogen) atoms. The summed E-state index contributed by atoms with van der Waals surface area (Å²) in [6.07, 6.45) is 2.29. The van der Waals surface area contributed by atoms with E-state index in [1.807, 2.05) is 77.6 Å². The van der Waals surface area contributed by atoms with Crippen LogP contribution >= 0.6 is 0 Å². The van der Waals surface area contributed by atoms with Crippen LogP contribution in [0.1, 0.15) is 11.1 Å². The van der Waals surface area contributed by atoms with Gasteiger partial charge in [-0.15, -0.1) is 0 Å². The second-order valence-electron chi connectivity index (χ2n) is 7.36. The smallest absolute Gasteiger partial charge is 0.230 e. The monoisotopic (exact) mass is 392 g/mol. The van der Waals surface area contributed by atoms with E-state index in [0.717, 1.165) is 33.1 Å². The maximum absolute atomic E-state index is 12.7. The Morgan fingerprint density at radius 3 is 2.57 bits per heavy atom. The van der Waals surface area contributed by atoms with Gasteiger partial charge < -0.3 is 5.32 Å². The highest BCUT2D eigenvalue weighted by Gasteiger charge is 2.15. The summed E-state index contributed by atoms with van der Waals surface area (Å²) < 4.78 is 1.85. The molecule has 0 unspecified atom stereocenters. The summed E-state index contributed by atoms with van der Waals surface area (Å²) in [6.45, 7) is 2.05. The van der Waals surface area contributed by atoms with Gasteiger partial charge in [-0.1, -0.05) is 60.7 Å². The van der Waals surface area contributed by atoms with Crippen molar-refractivity contribution in [3.8, 4) is 5.69 Å². The molecule has 1 amide bonds. The number of benzene rings is 3. The maximum Gasteiger partial charge on any atom is 0.230 e. The molecule has 2 heterocycles. The molecule has 0 saturated carbocycles. The number of carbonyl (C=O) groups excluding carboxylic acids is 1. The van der Waals surface area contributed by atoms with E-state index in [1.165, 1.54) is 0 Å². The van der Waals surface area contributed by atoms with Crippen LogP contribution in [0.4, 0.5) is 5.82 Å². The van der Waals surface area contributed by atoms with Crippen molar-refractivity contribution in [1.82, 2.24) is 14.8 Å². The Hall–Kier alpha value is -3.99.